The molecule has 7 heteroatoms. The molecule has 0 fully saturated rings. The van der Waals surface area contributed by atoms with Crippen molar-refractivity contribution in [1.82, 2.24) is 5.32 Å². The van der Waals surface area contributed by atoms with Gasteiger partial charge in [0.25, 0.3) is 5.91 Å². The fourth-order valence-corrected chi connectivity index (χ4v) is 1.49. The molecule has 19 heavy (non-hydrogen) atoms. The smallest absolute Gasteiger partial charge is 0.258 e. The molecule has 1 amide bonds. The molecule has 1 unspecified atom stereocenters. The number of amidine groups is 1. The number of carbonyl (C=O) groups is 1. The second kappa shape index (κ2) is 5.55. The second-order valence-electron chi connectivity index (χ2n) is 4.26. The van der Waals surface area contributed by atoms with Gasteiger partial charge in [0.15, 0.2) is 5.84 Å². The number of phenols is 1. The number of hydrogen-bond acceptors (Lipinski definition) is 4. The lowest BCUT2D eigenvalue weighted by Crippen LogP contribution is -2.55. The minimum absolute atomic E-state index is 0.209. The van der Waals surface area contributed by atoms with E-state index in [1.54, 1.807) is 6.92 Å². The third-order valence-electron chi connectivity index (χ3n) is 2.99. The van der Waals surface area contributed by atoms with Gasteiger partial charge in [0.1, 0.15) is 17.1 Å². The van der Waals surface area contributed by atoms with E-state index in [1.165, 1.54) is 19.1 Å². The molecule has 0 bridgehead atoms. The predicted octanol–water partition coefficient (Wildman–Crippen LogP) is 1.18. The van der Waals surface area contributed by atoms with Crippen LogP contribution >= 0.6 is 0 Å². The lowest BCUT2D eigenvalue weighted by molar-refractivity contribution is 0.0918. The Morgan fingerprint density at radius 1 is 1.58 bits per heavy atom. The molecule has 0 aliphatic heterocycles. The molecule has 0 saturated carbocycles. The molecular weight excluding hydrogens is 253 g/mol. The number of nitrogens with zero attached hydrogens (tertiary/aromatic N) is 1. The Kier molecular flexibility index (Phi) is 4.31. The van der Waals surface area contributed by atoms with Crippen molar-refractivity contribution in [2.75, 3.05) is 0 Å². The average Bonchev–Trinajstić information content (AvgIpc) is 2.37. The summed E-state index contributed by atoms with van der Waals surface area (Å²) in [5.74, 6) is -2.38. The van der Waals surface area contributed by atoms with Crippen molar-refractivity contribution in [1.29, 1.82) is 0 Å². The Labute approximate surface area is 109 Å². The first-order valence-corrected chi connectivity index (χ1v) is 5.63. The molecule has 1 atom stereocenters. The maximum absolute atomic E-state index is 13.5. The molecule has 0 aliphatic carbocycles. The van der Waals surface area contributed by atoms with Crippen LogP contribution in [0, 0.1) is 5.82 Å². The van der Waals surface area contributed by atoms with Gasteiger partial charge in [-0.15, -0.1) is 0 Å². The Hall–Kier alpha value is -2.31. The fraction of sp³-hybridized carbons (Fsp3) is 0.333. The third kappa shape index (κ3) is 2.93. The van der Waals surface area contributed by atoms with Crippen LogP contribution in [0.2, 0.25) is 0 Å². The van der Waals surface area contributed by atoms with Crippen LogP contribution in [0.5, 0.6) is 5.75 Å². The van der Waals surface area contributed by atoms with E-state index in [2.05, 4.69) is 10.5 Å². The van der Waals surface area contributed by atoms with E-state index in [0.29, 0.717) is 6.42 Å². The van der Waals surface area contributed by atoms with Crippen molar-refractivity contribution in [3.8, 4) is 5.75 Å². The number of amides is 1. The zero-order valence-corrected chi connectivity index (χ0v) is 10.6. The molecular formula is C12H16FN3O3. The summed E-state index contributed by atoms with van der Waals surface area (Å²) in [7, 11) is 0. The zero-order chi connectivity index (χ0) is 14.6. The van der Waals surface area contributed by atoms with Crippen molar-refractivity contribution < 1.29 is 19.5 Å². The van der Waals surface area contributed by atoms with Gasteiger partial charge in [-0.1, -0.05) is 18.1 Å². The normalized spacial score (nSPS) is 14.8. The molecule has 5 N–H and O–H groups in total. The van der Waals surface area contributed by atoms with Crippen LogP contribution in [0.25, 0.3) is 0 Å². The first kappa shape index (κ1) is 14.7. The quantitative estimate of drug-likeness (QED) is 0.285. The van der Waals surface area contributed by atoms with Gasteiger partial charge < -0.3 is 21.4 Å². The highest BCUT2D eigenvalue weighted by Crippen LogP contribution is 2.21. The second-order valence-corrected chi connectivity index (χ2v) is 4.26. The maximum atomic E-state index is 13.5. The van der Waals surface area contributed by atoms with Crippen LogP contribution in [0.3, 0.4) is 0 Å². The Bertz CT molecular complexity index is 499. The standard InChI is InChI=1S/C12H16FN3O3/c1-3-12(2,11(14)16-19)15-10(18)9-7(13)5-4-6-8(9)17/h4-6,17,19H,3H2,1-2H3,(H2,14,16)(H,15,18). The molecule has 1 aromatic carbocycles. The highest BCUT2D eigenvalue weighted by atomic mass is 19.1. The Morgan fingerprint density at radius 3 is 2.68 bits per heavy atom. The minimum atomic E-state index is -1.14. The SMILES string of the molecule is CCC(C)(NC(=O)c1c(O)cccc1F)/C(N)=N/O. The van der Waals surface area contributed by atoms with Gasteiger partial charge in [0.2, 0.25) is 0 Å². The number of nitrogens with two attached hydrogens (primary N) is 1. The lowest BCUT2D eigenvalue weighted by atomic mass is 9.96. The minimum Gasteiger partial charge on any atom is -0.507 e. The lowest BCUT2D eigenvalue weighted by Gasteiger charge is -2.28. The van der Waals surface area contributed by atoms with Gasteiger partial charge >= 0.3 is 0 Å². The molecule has 0 radical (unpaired) electrons. The number of halogens is 1. The van der Waals surface area contributed by atoms with Crippen molar-refractivity contribution in [2.24, 2.45) is 10.9 Å². The number of phenolic OH excluding ortho intramolecular Hbond substituents is 1. The molecule has 0 saturated heterocycles. The van der Waals surface area contributed by atoms with Gasteiger partial charge in [-0.2, -0.15) is 0 Å². The molecule has 1 rings (SSSR count). The van der Waals surface area contributed by atoms with Crippen molar-refractivity contribution in [3.63, 3.8) is 0 Å². The maximum Gasteiger partial charge on any atom is 0.258 e. The predicted molar refractivity (Wildman–Crippen MR) is 67.6 cm³/mol. The molecule has 0 aliphatic rings. The molecule has 0 aromatic heterocycles. The summed E-state index contributed by atoms with van der Waals surface area (Å²) >= 11 is 0. The Balaban J connectivity index is 3.09. The summed E-state index contributed by atoms with van der Waals surface area (Å²) in [5, 5.41) is 23.5. The van der Waals surface area contributed by atoms with E-state index in [9.17, 15) is 14.3 Å². The topological polar surface area (TPSA) is 108 Å². The largest absolute Gasteiger partial charge is 0.507 e. The molecule has 0 heterocycles. The van der Waals surface area contributed by atoms with Crippen LogP contribution < -0.4 is 11.1 Å². The van der Waals surface area contributed by atoms with E-state index in [-0.39, 0.29) is 5.84 Å². The molecule has 1 aromatic rings. The zero-order valence-electron chi connectivity index (χ0n) is 10.6. The van der Waals surface area contributed by atoms with Gasteiger partial charge in [0, 0.05) is 0 Å². The van der Waals surface area contributed by atoms with Crippen LogP contribution in [-0.2, 0) is 0 Å². The van der Waals surface area contributed by atoms with Crippen LogP contribution in [0.1, 0.15) is 30.6 Å². The number of benzene rings is 1. The monoisotopic (exact) mass is 269 g/mol. The number of oxime groups is 1. The highest BCUT2D eigenvalue weighted by molar-refractivity contribution is 6.01. The molecule has 104 valence electrons. The van der Waals surface area contributed by atoms with Crippen LogP contribution in [-0.4, -0.2) is 27.6 Å². The fourth-order valence-electron chi connectivity index (χ4n) is 1.49. The van der Waals surface area contributed by atoms with Crippen molar-refractivity contribution >= 4 is 11.7 Å². The highest BCUT2D eigenvalue weighted by Gasteiger charge is 2.31. The van der Waals surface area contributed by atoms with Crippen LogP contribution in [0.15, 0.2) is 23.4 Å². The summed E-state index contributed by atoms with van der Waals surface area (Å²) in [6, 6.07) is 3.54. The van der Waals surface area contributed by atoms with Gasteiger partial charge in [-0.05, 0) is 25.5 Å². The van der Waals surface area contributed by atoms with E-state index in [0.717, 1.165) is 6.07 Å². The first-order chi connectivity index (χ1) is 8.85. The van der Waals surface area contributed by atoms with Crippen molar-refractivity contribution in [3.05, 3.63) is 29.6 Å². The number of hydrogen-bond donors (Lipinski definition) is 4. The number of carbonyl (C=O) groups excluding carboxylic acids is 1. The average molecular weight is 269 g/mol. The van der Waals surface area contributed by atoms with E-state index in [4.69, 9.17) is 10.9 Å². The van der Waals surface area contributed by atoms with Gasteiger partial charge in [-0.3, -0.25) is 4.79 Å². The van der Waals surface area contributed by atoms with E-state index >= 15 is 0 Å². The number of aromatic hydroxyl groups is 1. The summed E-state index contributed by atoms with van der Waals surface area (Å²) in [5.41, 5.74) is 3.88. The first-order valence-electron chi connectivity index (χ1n) is 5.63. The summed E-state index contributed by atoms with van der Waals surface area (Å²) < 4.78 is 13.5. The molecule has 0 spiro atoms. The van der Waals surface area contributed by atoms with Crippen LogP contribution in [0.4, 0.5) is 4.39 Å². The molecule has 6 nitrogen and oxygen atoms in total. The van der Waals surface area contributed by atoms with Crippen molar-refractivity contribution in [2.45, 2.75) is 25.8 Å². The number of nitrogens with one attached hydrogen (secondary N) is 1. The summed E-state index contributed by atoms with van der Waals surface area (Å²) in [4.78, 5) is 12.0. The summed E-state index contributed by atoms with van der Waals surface area (Å²) in [6.45, 7) is 3.23. The number of rotatable bonds is 4. The third-order valence-corrected chi connectivity index (χ3v) is 2.99. The Morgan fingerprint density at radius 2 is 2.21 bits per heavy atom. The van der Waals surface area contributed by atoms with Gasteiger partial charge in [-0.25, -0.2) is 4.39 Å². The van der Waals surface area contributed by atoms with E-state index < -0.39 is 28.6 Å². The van der Waals surface area contributed by atoms with Gasteiger partial charge in [0.05, 0.1) is 5.54 Å². The summed E-state index contributed by atoms with van der Waals surface area (Å²) in [6.07, 6.45) is 0.323. The van der Waals surface area contributed by atoms with E-state index in [1.807, 2.05) is 0 Å².